The summed E-state index contributed by atoms with van der Waals surface area (Å²) in [7, 11) is 0. The molecule has 12 heteroatoms. The van der Waals surface area contributed by atoms with Crippen LogP contribution in [0.2, 0.25) is 0 Å². The number of piperidine rings is 1. The third kappa shape index (κ3) is 4.08. The summed E-state index contributed by atoms with van der Waals surface area (Å²) in [4.78, 5) is 17.7. The van der Waals surface area contributed by atoms with Crippen LogP contribution in [0.25, 0.3) is 22.5 Å². The summed E-state index contributed by atoms with van der Waals surface area (Å²) in [5, 5.41) is 10.2. The second-order valence-corrected chi connectivity index (χ2v) is 8.63. The van der Waals surface area contributed by atoms with Gasteiger partial charge in [0.25, 0.3) is 5.89 Å². The Hall–Kier alpha value is -2.99. The van der Waals surface area contributed by atoms with E-state index in [-0.39, 0.29) is 28.6 Å². The molecule has 0 radical (unpaired) electrons. The lowest BCUT2D eigenvalue weighted by Crippen LogP contribution is -2.37. The fourth-order valence-electron chi connectivity index (χ4n) is 4.08. The molecule has 8 nitrogen and oxygen atoms in total. The summed E-state index contributed by atoms with van der Waals surface area (Å²) in [5.41, 5.74) is 1.76. The maximum absolute atomic E-state index is 14.4. The lowest BCUT2D eigenvalue weighted by Gasteiger charge is -2.24. The number of benzene rings is 1. The minimum atomic E-state index is -2.86. The molecule has 1 aromatic carbocycles. The van der Waals surface area contributed by atoms with Gasteiger partial charge in [-0.05, 0) is 53.5 Å². The molecule has 0 saturated carbocycles. The van der Waals surface area contributed by atoms with Crippen molar-refractivity contribution in [2.45, 2.75) is 31.9 Å². The summed E-state index contributed by atoms with van der Waals surface area (Å²) in [6.07, 6.45) is 0.337. The van der Waals surface area contributed by atoms with E-state index < -0.39 is 18.1 Å². The number of imidazole rings is 1. The zero-order chi connectivity index (χ0) is 23.1. The predicted octanol–water partition coefficient (Wildman–Crippen LogP) is 4.06. The van der Waals surface area contributed by atoms with Gasteiger partial charge < -0.3 is 9.73 Å². The van der Waals surface area contributed by atoms with Crippen LogP contribution in [0.5, 0.6) is 0 Å². The molecule has 0 spiro atoms. The van der Waals surface area contributed by atoms with Crippen LogP contribution < -0.4 is 11.0 Å². The summed E-state index contributed by atoms with van der Waals surface area (Å²) in [6.45, 7) is 1.67. The number of nitrogens with one attached hydrogen (secondary N) is 1. The molecule has 3 aromatic heterocycles. The Morgan fingerprint density at radius 3 is 2.76 bits per heavy atom. The molecule has 1 saturated heterocycles. The van der Waals surface area contributed by atoms with Crippen molar-refractivity contribution in [3.8, 4) is 11.5 Å². The largest absolute Gasteiger partial charge is 0.415 e. The average molecular weight is 523 g/mol. The molecule has 1 atom stereocenters. The second kappa shape index (κ2) is 8.75. The highest BCUT2D eigenvalue weighted by Gasteiger charge is 2.24. The molecule has 1 aliphatic rings. The van der Waals surface area contributed by atoms with Gasteiger partial charge in [0.05, 0.1) is 39.4 Å². The van der Waals surface area contributed by atoms with Crippen LogP contribution in [-0.2, 0) is 6.54 Å². The van der Waals surface area contributed by atoms with Crippen molar-refractivity contribution < 1.29 is 17.6 Å². The van der Waals surface area contributed by atoms with Gasteiger partial charge in [0, 0.05) is 18.8 Å². The van der Waals surface area contributed by atoms with Gasteiger partial charge in [-0.25, -0.2) is 9.18 Å². The summed E-state index contributed by atoms with van der Waals surface area (Å²) < 4.78 is 48.2. The first kappa shape index (κ1) is 21.8. The maximum atomic E-state index is 14.4. The number of nitrogens with zero attached hydrogens (tertiary/aromatic N) is 5. The Bertz CT molecular complexity index is 1360. The molecule has 4 aromatic rings. The fourth-order valence-corrected chi connectivity index (χ4v) is 4.41. The van der Waals surface area contributed by atoms with Gasteiger partial charge in [-0.2, -0.15) is 8.78 Å². The zero-order valence-corrected chi connectivity index (χ0v) is 18.7. The highest BCUT2D eigenvalue weighted by atomic mass is 79.9. The number of fused-ring (bicyclic) bond motifs is 1. The van der Waals surface area contributed by atoms with Gasteiger partial charge in [-0.15, -0.1) is 10.2 Å². The Balaban J connectivity index is 1.51. The van der Waals surface area contributed by atoms with E-state index in [0.717, 1.165) is 19.4 Å². The third-order valence-electron chi connectivity index (χ3n) is 5.66. The summed E-state index contributed by atoms with van der Waals surface area (Å²) in [6, 6.07) is 6.16. The molecule has 4 heterocycles. The SMILES string of the molecule is O=c1n(Cc2ccc(-c3nnc(C(F)F)o3)cn2)c2cc(F)c(Br)cc2n1[C@@H]1CCCNC1. The van der Waals surface area contributed by atoms with Gasteiger partial charge in [0.2, 0.25) is 5.89 Å². The third-order valence-corrected chi connectivity index (χ3v) is 6.27. The Kier molecular flexibility index (Phi) is 5.79. The summed E-state index contributed by atoms with van der Waals surface area (Å²) in [5.74, 6) is -1.31. The molecule has 33 heavy (non-hydrogen) atoms. The van der Waals surface area contributed by atoms with E-state index in [2.05, 4.69) is 36.4 Å². The monoisotopic (exact) mass is 522 g/mol. The number of hydrogen-bond donors (Lipinski definition) is 1. The molecule has 0 bridgehead atoms. The Morgan fingerprint density at radius 1 is 1.24 bits per heavy atom. The van der Waals surface area contributed by atoms with Crippen LogP contribution in [0.15, 0.2) is 44.1 Å². The standard InChI is InChI=1S/C21H18BrF3N6O2/c22-14-6-17-16(7-15(14)23)30(21(32)31(17)13-2-1-5-26-9-13)10-12-4-3-11(8-27-12)19-28-29-20(33-19)18(24)25/h3-4,6-8,13,18,26H,1-2,5,9-10H2/t13-/m1/s1. The van der Waals surface area contributed by atoms with Gasteiger partial charge >= 0.3 is 12.1 Å². The predicted molar refractivity (Wildman–Crippen MR) is 117 cm³/mol. The van der Waals surface area contributed by atoms with Crippen molar-refractivity contribution in [2.75, 3.05) is 13.1 Å². The molecule has 1 aliphatic heterocycles. The van der Waals surface area contributed by atoms with Crippen LogP contribution in [0, 0.1) is 5.82 Å². The zero-order valence-electron chi connectivity index (χ0n) is 17.1. The van der Waals surface area contributed by atoms with Crippen molar-refractivity contribution in [3.63, 3.8) is 0 Å². The van der Waals surface area contributed by atoms with Crippen LogP contribution in [-0.4, -0.2) is 37.4 Å². The van der Waals surface area contributed by atoms with Gasteiger partial charge in [0.1, 0.15) is 5.82 Å². The van der Waals surface area contributed by atoms with Crippen molar-refractivity contribution in [1.29, 1.82) is 0 Å². The van der Waals surface area contributed by atoms with E-state index in [9.17, 15) is 18.0 Å². The lowest BCUT2D eigenvalue weighted by atomic mass is 10.1. The van der Waals surface area contributed by atoms with Gasteiger partial charge in [-0.3, -0.25) is 14.1 Å². The number of hydrogen-bond acceptors (Lipinski definition) is 6. The summed E-state index contributed by atoms with van der Waals surface area (Å²) >= 11 is 3.22. The van der Waals surface area contributed by atoms with E-state index in [4.69, 9.17) is 4.42 Å². The maximum Gasteiger partial charge on any atom is 0.329 e. The molecule has 1 fully saturated rings. The minimum absolute atomic E-state index is 0.0377. The molecule has 172 valence electrons. The van der Waals surface area contributed by atoms with E-state index >= 15 is 0 Å². The Labute approximate surface area is 193 Å². The molecule has 5 rings (SSSR count). The normalized spacial score (nSPS) is 16.7. The molecule has 1 N–H and O–H groups in total. The first-order valence-electron chi connectivity index (χ1n) is 10.3. The van der Waals surface area contributed by atoms with E-state index in [1.165, 1.54) is 16.8 Å². The molecule has 0 amide bonds. The number of halogens is 4. The molecular weight excluding hydrogens is 505 g/mol. The highest BCUT2D eigenvalue weighted by molar-refractivity contribution is 9.10. The number of rotatable bonds is 5. The van der Waals surface area contributed by atoms with Crippen molar-refractivity contribution in [1.82, 2.24) is 29.6 Å². The Morgan fingerprint density at radius 2 is 2.09 bits per heavy atom. The lowest BCUT2D eigenvalue weighted by molar-refractivity contribution is 0.116. The molecule has 0 aliphatic carbocycles. The first-order valence-corrected chi connectivity index (χ1v) is 11.1. The first-order chi connectivity index (χ1) is 15.9. The molecule has 0 unspecified atom stereocenters. The number of pyridine rings is 1. The smallest absolute Gasteiger partial charge is 0.329 e. The quantitative estimate of drug-likeness (QED) is 0.425. The minimum Gasteiger partial charge on any atom is -0.415 e. The number of aromatic nitrogens is 5. The van der Waals surface area contributed by atoms with Crippen LogP contribution in [0.4, 0.5) is 13.2 Å². The highest BCUT2D eigenvalue weighted by Crippen LogP contribution is 2.28. The van der Waals surface area contributed by atoms with Crippen molar-refractivity contribution in [3.05, 3.63) is 62.8 Å². The van der Waals surface area contributed by atoms with Gasteiger partial charge in [-0.1, -0.05) is 0 Å². The molecular formula is C21H18BrF3N6O2. The van der Waals surface area contributed by atoms with Crippen molar-refractivity contribution in [2.24, 2.45) is 0 Å². The average Bonchev–Trinajstić information content (AvgIpc) is 3.40. The van der Waals surface area contributed by atoms with E-state index in [0.29, 0.717) is 28.8 Å². The van der Waals surface area contributed by atoms with Crippen LogP contribution in [0.1, 0.15) is 36.9 Å². The topological polar surface area (TPSA) is 90.8 Å². The number of alkyl halides is 2. The van der Waals surface area contributed by atoms with Crippen LogP contribution >= 0.6 is 15.9 Å². The van der Waals surface area contributed by atoms with E-state index in [1.807, 2.05) is 0 Å². The fraction of sp³-hybridized carbons (Fsp3) is 0.333. The van der Waals surface area contributed by atoms with Crippen LogP contribution in [0.3, 0.4) is 0 Å². The van der Waals surface area contributed by atoms with Gasteiger partial charge in [0.15, 0.2) is 0 Å². The van der Waals surface area contributed by atoms with E-state index in [1.54, 1.807) is 22.8 Å². The second-order valence-electron chi connectivity index (χ2n) is 7.78. The van der Waals surface area contributed by atoms with Crippen molar-refractivity contribution >= 4 is 27.0 Å².